The van der Waals surface area contributed by atoms with Crippen molar-refractivity contribution in [1.29, 1.82) is 0 Å². The molecule has 2 rings (SSSR count). The van der Waals surface area contributed by atoms with E-state index in [-0.39, 0.29) is 0 Å². The molecule has 4 nitrogen and oxygen atoms in total. The number of hydrogen-bond acceptors (Lipinski definition) is 4. The van der Waals surface area contributed by atoms with Crippen molar-refractivity contribution in [3.63, 3.8) is 0 Å². The maximum Gasteiger partial charge on any atom is 0.157 e. The summed E-state index contributed by atoms with van der Waals surface area (Å²) in [7, 11) is 2.07. The lowest BCUT2D eigenvalue weighted by atomic mass is 10.3. The van der Waals surface area contributed by atoms with Gasteiger partial charge in [0.1, 0.15) is 11.4 Å². The molecule has 2 heterocycles. The average molecular weight is 193 g/mol. The highest BCUT2D eigenvalue weighted by atomic mass is 16.5. The van der Waals surface area contributed by atoms with E-state index in [1.165, 1.54) is 5.70 Å². The molecule has 0 aliphatic carbocycles. The molecular weight excluding hydrogens is 178 g/mol. The molecule has 0 saturated heterocycles. The van der Waals surface area contributed by atoms with Crippen LogP contribution in [-0.2, 0) is 0 Å². The molecule has 0 fully saturated rings. The molecule has 1 aromatic rings. The zero-order chi connectivity index (χ0) is 10.3. The van der Waals surface area contributed by atoms with Gasteiger partial charge in [-0.05, 0) is 20.8 Å². The van der Waals surface area contributed by atoms with E-state index >= 15 is 0 Å². The van der Waals surface area contributed by atoms with Gasteiger partial charge in [0.05, 0.1) is 6.67 Å². The Morgan fingerprint density at radius 2 is 2.07 bits per heavy atom. The first kappa shape index (κ1) is 9.12. The summed E-state index contributed by atoms with van der Waals surface area (Å²) in [5, 5.41) is 3.95. The molecule has 0 aromatic carbocycles. The summed E-state index contributed by atoms with van der Waals surface area (Å²) in [6.07, 6.45) is 2.12. The Labute approximate surface area is 83.8 Å². The molecule has 76 valence electrons. The van der Waals surface area contributed by atoms with Crippen LogP contribution in [0.2, 0.25) is 0 Å². The Bertz CT molecular complexity index is 361. The molecule has 0 amide bonds. The average Bonchev–Trinajstić information content (AvgIpc) is 2.59. The van der Waals surface area contributed by atoms with Crippen LogP contribution in [0.1, 0.15) is 18.4 Å². The SMILES string of the molecule is CC1=CN(c2c(C)noc2C)CN1C. The Morgan fingerprint density at radius 3 is 2.50 bits per heavy atom. The standard InChI is InChI=1S/C10H15N3O/c1-7-5-13(6-12(7)4)10-8(2)11-14-9(10)3/h5H,6H2,1-4H3. The summed E-state index contributed by atoms with van der Waals surface area (Å²) in [5.41, 5.74) is 3.29. The van der Waals surface area contributed by atoms with Gasteiger partial charge in [-0.1, -0.05) is 5.16 Å². The number of anilines is 1. The van der Waals surface area contributed by atoms with Gasteiger partial charge in [0, 0.05) is 18.9 Å². The smallest absolute Gasteiger partial charge is 0.157 e. The van der Waals surface area contributed by atoms with E-state index in [1.807, 2.05) is 13.8 Å². The van der Waals surface area contributed by atoms with Crippen molar-refractivity contribution in [2.45, 2.75) is 20.8 Å². The first-order valence-electron chi connectivity index (χ1n) is 4.68. The maximum absolute atomic E-state index is 5.14. The molecule has 1 aliphatic heterocycles. The number of nitrogens with zero attached hydrogens (tertiary/aromatic N) is 3. The molecule has 0 radical (unpaired) electrons. The molecule has 0 atom stereocenters. The van der Waals surface area contributed by atoms with Crippen LogP contribution in [0.25, 0.3) is 0 Å². The van der Waals surface area contributed by atoms with Crippen LogP contribution in [0.5, 0.6) is 0 Å². The Hall–Kier alpha value is -1.45. The molecule has 0 unspecified atom stereocenters. The minimum atomic E-state index is 0.870. The summed E-state index contributed by atoms with van der Waals surface area (Å²) in [6, 6.07) is 0. The van der Waals surface area contributed by atoms with Crippen molar-refractivity contribution in [3.8, 4) is 0 Å². The lowest BCUT2D eigenvalue weighted by Gasteiger charge is -2.18. The molecule has 0 N–H and O–H groups in total. The van der Waals surface area contributed by atoms with Crippen LogP contribution >= 0.6 is 0 Å². The topological polar surface area (TPSA) is 32.5 Å². The summed E-state index contributed by atoms with van der Waals surface area (Å²) in [4.78, 5) is 4.35. The van der Waals surface area contributed by atoms with Gasteiger partial charge in [-0.2, -0.15) is 0 Å². The van der Waals surface area contributed by atoms with E-state index in [1.54, 1.807) is 0 Å². The largest absolute Gasteiger partial charge is 0.359 e. The molecule has 14 heavy (non-hydrogen) atoms. The third-order valence-corrected chi connectivity index (χ3v) is 2.59. The van der Waals surface area contributed by atoms with Gasteiger partial charge in [-0.3, -0.25) is 0 Å². The van der Waals surface area contributed by atoms with Crippen molar-refractivity contribution in [2.24, 2.45) is 0 Å². The van der Waals surface area contributed by atoms with E-state index in [2.05, 4.69) is 35.1 Å². The fraction of sp³-hybridized carbons (Fsp3) is 0.500. The summed E-state index contributed by atoms with van der Waals surface area (Å²) in [6.45, 7) is 6.87. The van der Waals surface area contributed by atoms with Gasteiger partial charge in [0.25, 0.3) is 0 Å². The Balaban J connectivity index is 2.34. The molecule has 1 aromatic heterocycles. The highest BCUT2D eigenvalue weighted by Gasteiger charge is 2.21. The quantitative estimate of drug-likeness (QED) is 0.681. The molecule has 0 spiro atoms. The second kappa shape index (κ2) is 3.04. The molecule has 4 heteroatoms. The Morgan fingerprint density at radius 1 is 1.36 bits per heavy atom. The normalized spacial score (nSPS) is 16.4. The summed E-state index contributed by atoms with van der Waals surface area (Å²) >= 11 is 0. The van der Waals surface area contributed by atoms with E-state index < -0.39 is 0 Å². The predicted molar refractivity (Wildman–Crippen MR) is 54.8 cm³/mol. The van der Waals surface area contributed by atoms with Crippen molar-refractivity contribution < 1.29 is 4.52 Å². The van der Waals surface area contributed by atoms with Gasteiger partial charge in [0.15, 0.2) is 5.76 Å². The van der Waals surface area contributed by atoms with E-state index in [0.29, 0.717) is 0 Å². The van der Waals surface area contributed by atoms with Gasteiger partial charge in [-0.15, -0.1) is 0 Å². The fourth-order valence-corrected chi connectivity index (χ4v) is 1.73. The van der Waals surface area contributed by atoms with Gasteiger partial charge < -0.3 is 14.3 Å². The third kappa shape index (κ3) is 1.27. The van der Waals surface area contributed by atoms with Crippen LogP contribution in [0.4, 0.5) is 5.69 Å². The first-order chi connectivity index (χ1) is 6.59. The number of aromatic nitrogens is 1. The first-order valence-corrected chi connectivity index (χ1v) is 4.68. The van der Waals surface area contributed by atoms with Crippen LogP contribution in [0.15, 0.2) is 16.4 Å². The minimum Gasteiger partial charge on any atom is -0.359 e. The van der Waals surface area contributed by atoms with Gasteiger partial charge >= 0.3 is 0 Å². The Kier molecular flexibility index (Phi) is 1.98. The van der Waals surface area contributed by atoms with Crippen LogP contribution < -0.4 is 4.90 Å². The number of rotatable bonds is 1. The van der Waals surface area contributed by atoms with Crippen LogP contribution in [0, 0.1) is 13.8 Å². The van der Waals surface area contributed by atoms with Crippen molar-refractivity contribution in [2.75, 3.05) is 18.6 Å². The zero-order valence-corrected chi connectivity index (χ0v) is 9.03. The van der Waals surface area contributed by atoms with Gasteiger partial charge in [0.2, 0.25) is 0 Å². The van der Waals surface area contributed by atoms with Crippen molar-refractivity contribution in [3.05, 3.63) is 23.4 Å². The second-order valence-electron chi connectivity index (χ2n) is 3.75. The van der Waals surface area contributed by atoms with Gasteiger partial charge in [-0.25, -0.2) is 0 Å². The minimum absolute atomic E-state index is 0.870. The molecule has 0 saturated carbocycles. The fourth-order valence-electron chi connectivity index (χ4n) is 1.73. The third-order valence-electron chi connectivity index (χ3n) is 2.59. The van der Waals surface area contributed by atoms with E-state index in [0.717, 1.165) is 23.8 Å². The number of allylic oxidation sites excluding steroid dienone is 1. The van der Waals surface area contributed by atoms with Crippen molar-refractivity contribution in [1.82, 2.24) is 10.1 Å². The highest BCUT2D eigenvalue weighted by molar-refractivity contribution is 5.56. The lowest BCUT2D eigenvalue weighted by Crippen LogP contribution is -2.23. The summed E-state index contributed by atoms with van der Waals surface area (Å²) < 4.78 is 5.14. The second-order valence-corrected chi connectivity index (χ2v) is 3.75. The van der Waals surface area contributed by atoms with Crippen molar-refractivity contribution >= 4 is 5.69 Å². The lowest BCUT2D eigenvalue weighted by molar-refractivity contribution is 0.393. The van der Waals surface area contributed by atoms with Crippen LogP contribution in [0.3, 0.4) is 0 Å². The maximum atomic E-state index is 5.14. The monoisotopic (exact) mass is 193 g/mol. The zero-order valence-electron chi connectivity index (χ0n) is 9.03. The molecule has 1 aliphatic rings. The molecular formula is C10H15N3O. The molecule has 0 bridgehead atoms. The van der Waals surface area contributed by atoms with Crippen LogP contribution in [-0.4, -0.2) is 23.8 Å². The predicted octanol–water partition coefficient (Wildman–Crippen LogP) is 1.86. The highest BCUT2D eigenvalue weighted by Crippen LogP contribution is 2.28. The summed E-state index contributed by atoms with van der Waals surface area (Å²) in [5.74, 6) is 0.877. The van der Waals surface area contributed by atoms with E-state index in [4.69, 9.17) is 4.52 Å². The van der Waals surface area contributed by atoms with E-state index in [9.17, 15) is 0 Å². The number of aryl methyl sites for hydroxylation is 2. The number of hydrogen-bond donors (Lipinski definition) is 0.